The molecule has 1 amide bonds. The van der Waals surface area contributed by atoms with Crippen molar-refractivity contribution in [1.29, 1.82) is 0 Å². The smallest absolute Gasteiger partial charge is 0.257 e. The molecule has 3 nitrogen and oxygen atoms in total. The molecular weight excluding hydrogens is 395 g/mol. The Bertz CT molecular complexity index is 647. The van der Waals surface area contributed by atoms with Gasteiger partial charge in [-0.1, -0.05) is 27.5 Å². The molecule has 2 aromatic carbocycles. The Hall–Kier alpha value is -1.04. The number of amides is 1. The van der Waals surface area contributed by atoms with Crippen molar-refractivity contribution in [2.24, 2.45) is 0 Å². The largest absolute Gasteiger partial charge is 0.399 e. The van der Waals surface area contributed by atoms with E-state index in [2.05, 4.69) is 37.2 Å². The molecule has 0 unspecified atom stereocenters. The van der Waals surface area contributed by atoms with Crippen molar-refractivity contribution in [3.05, 3.63) is 55.9 Å². The highest BCUT2D eigenvalue weighted by Gasteiger charge is 2.12. The summed E-state index contributed by atoms with van der Waals surface area (Å²) in [6.07, 6.45) is 0. The molecule has 0 aliphatic carbocycles. The summed E-state index contributed by atoms with van der Waals surface area (Å²) in [6.45, 7) is 0. The molecular formula is C13H9Br2ClN2O. The number of nitrogen functional groups attached to an aromatic ring is 1. The lowest BCUT2D eigenvalue weighted by Gasteiger charge is -2.09. The van der Waals surface area contributed by atoms with Gasteiger partial charge in [-0.15, -0.1) is 0 Å². The molecule has 0 spiro atoms. The maximum Gasteiger partial charge on any atom is 0.257 e. The van der Waals surface area contributed by atoms with Crippen LogP contribution in [0.4, 0.5) is 11.4 Å². The number of anilines is 2. The molecule has 0 bridgehead atoms. The average molecular weight is 404 g/mol. The van der Waals surface area contributed by atoms with Gasteiger partial charge in [0.05, 0.1) is 16.3 Å². The van der Waals surface area contributed by atoms with E-state index in [-0.39, 0.29) is 5.91 Å². The van der Waals surface area contributed by atoms with Crippen molar-refractivity contribution >= 4 is 60.7 Å². The number of rotatable bonds is 2. The fourth-order valence-electron chi connectivity index (χ4n) is 1.50. The van der Waals surface area contributed by atoms with Crippen LogP contribution in [0.25, 0.3) is 0 Å². The van der Waals surface area contributed by atoms with Crippen LogP contribution in [0.1, 0.15) is 10.4 Å². The Balaban J connectivity index is 2.30. The maximum atomic E-state index is 12.2. The monoisotopic (exact) mass is 402 g/mol. The lowest BCUT2D eigenvalue weighted by atomic mass is 10.2. The van der Waals surface area contributed by atoms with E-state index < -0.39 is 0 Å². The minimum atomic E-state index is -0.294. The number of hydrogen-bond donors (Lipinski definition) is 2. The zero-order chi connectivity index (χ0) is 14.0. The minimum Gasteiger partial charge on any atom is -0.399 e. The van der Waals surface area contributed by atoms with Gasteiger partial charge in [0.2, 0.25) is 0 Å². The number of benzene rings is 2. The van der Waals surface area contributed by atoms with Gasteiger partial charge in [0.25, 0.3) is 5.91 Å². The number of carbonyl (C=O) groups excluding carboxylic acids is 1. The number of carbonyl (C=O) groups is 1. The number of nitrogens with two attached hydrogens (primary N) is 1. The molecule has 6 heteroatoms. The molecule has 0 radical (unpaired) electrons. The fourth-order valence-corrected chi connectivity index (χ4v) is 2.41. The van der Waals surface area contributed by atoms with Gasteiger partial charge in [0, 0.05) is 14.6 Å². The SMILES string of the molecule is Nc1ccc(Br)c(NC(=O)c2cc(Br)ccc2Cl)c1. The normalized spacial score (nSPS) is 10.3. The van der Waals surface area contributed by atoms with Gasteiger partial charge in [0.15, 0.2) is 0 Å². The van der Waals surface area contributed by atoms with Gasteiger partial charge < -0.3 is 11.1 Å². The predicted molar refractivity (Wildman–Crippen MR) is 85.7 cm³/mol. The first kappa shape index (κ1) is 14.4. The van der Waals surface area contributed by atoms with Gasteiger partial charge in [-0.2, -0.15) is 0 Å². The van der Waals surface area contributed by atoms with Crippen molar-refractivity contribution in [2.45, 2.75) is 0 Å². The molecule has 0 aromatic heterocycles. The first-order valence-corrected chi connectivity index (χ1v) is 7.25. The van der Waals surface area contributed by atoms with Crippen LogP contribution in [0.2, 0.25) is 5.02 Å². The van der Waals surface area contributed by atoms with E-state index in [9.17, 15) is 4.79 Å². The second-order valence-electron chi connectivity index (χ2n) is 3.82. The van der Waals surface area contributed by atoms with Crippen molar-refractivity contribution in [3.63, 3.8) is 0 Å². The minimum absolute atomic E-state index is 0.294. The van der Waals surface area contributed by atoms with Crippen LogP contribution in [-0.2, 0) is 0 Å². The van der Waals surface area contributed by atoms with E-state index in [4.69, 9.17) is 17.3 Å². The van der Waals surface area contributed by atoms with Gasteiger partial charge in [-0.05, 0) is 52.3 Å². The third-order valence-electron chi connectivity index (χ3n) is 2.41. The van der Waals surface area contributed by atoms with Crippen LogP contribution in [0, 0.1) is 0 Å². The summed E-state index contributed by atoms with van der Waals surface area (Å²) < 4.78 is 1.54. The Morgan fingerprint density at radius 3 is 2.63 bits per heavy atom. The summed E-state index contributed by atoms with van der Waals surface area (Å²) in [5, 5.41) is 3.15. The van der Waals surface area contributed by atoms with Crippen LogP contribution < -0.4 is 11.1 Å². The number of halogens is 3. The molecule has 0 aliphatic heterocycles. The molecule has 2 aromatic rings. The van der Waals surface area contributed by atoms with Crippen LogP contribution in [0.15, 0.2) is 45.3 Å². The predicted octanol–water partition coefficient (Wildman–Crippen LogP) is 4.70. The Labute approximate surface area is 132 Å². The molecule has 2 rings (SSSR count). The van der Waals surface area contributed by atoms with E-state index in [1.54, 1.807) is 36.4 Å². The summed E-state index contributed by atoms with van der Waals surface area (Å²) >= 11 is 12.7. The molecule has 98 valence electrons. The molecule has 0 aliphatic rings. The molecule has 0 heterocycles. The average Bonchev–Trinajstić information content (AvgIpc) is 2.36. The van der Waals surface area contributed by atoms with Crippen molar-refractivity contribution < 1.29 is 4.79 Å². The highest BCUT2D eigenvalue weighted by molar-refractivity contribution is 9.10. The van der Waals surface area contributed by atoms with Gasteiger partial charge >= 0.3 is 0 Å². The number of hydrogen-bond acceptors (Lipinski definition) is 2. The Kier molecular flexibility index (Phi) is 4.50. The van der Waals surface area contributed by atoms with E-state index in [1.807, 2.05) is 0 Å². The van der Waals surface area contributed by atoms with Gasteiger partial charge in [-0.3, -0.25) is 4.79 Å². The summed E-state index contributed by atoms with van der Waals surface area (Å²) in [5.41, 5.74) is 7.25. The van der Waals surface area contributed by atoms with Crippen LogP contribution >= 0.6 is 43.5 Å². The van der Waals surface area contributed by atoms with Crippen molar-refractivity contribution in [3.8, 4) is 0 Å². The fraction of sp³-hybridized carbons (Fsp3) is 0. The summed E-state index contributed by atoms with van der Waals surface area (Å²) in [6, 6.07) is 10.3. The second kappa shape index (κ2) is 5.94. The van der Waals surface area contributed by atoms with Crippen LogP contribution in [-0.4, -0.2) is 5.91 Å². The highest BCUT2D eigenvalue weighted by atomic mass is 79.9. The number of nitrogens with one attached hydrogen (secondary N) is 1. The first-order valence-electron chi connectivity index (χ1n) is 5.29. The van der Waals surface area contributed by atoms with Crippen molar-refractivity contribution in [1.82, 2.24) is 0 Å². The Morgan fingerprint density at radius 1 is 1.16 bits per heavy atom. The molecule has 0 saturated carbocycles. The molecule has 0 fully saturated rings. The van der Waals surface area contributed by atoms with Crippen LogP contribution in [0.5, 0.6) is 0 Å². The summed E-state index contributed by atoms with van der Waals surface area (Å²) in [5.74, 6) is -0.294. The second-order valence-corrected chi connectivity index (χ2v) is 5.99. The zero-order valence-corrected chi connectivity index (χ0v) is 13.5. The van der Waals surface area contributed by atoms with Gasteiger partial charge in [0.1, 0.15) is 0 Å². The standard InChI is InChI=1S/C13H9Br2ClN2O/c14-7-1-4-11(16)9(5-7)13(19)18-12-6-8(17)2-3-10(12)15/h1-6H,17H2,(H,18,19). The van der Waals surface area contributed by atoms with Gasteiger partial charge in [-0.25, -0.2) is 0 Å². The third kappa shape index (κ3) is 3.49. The molecule has 0 saturated heterocycles. The topological polar surface area (TPSA) is 55.1 Å². The van der Waals surface area contributed by atoms with Crippen molar-refractivity contribution in [2.75, 3.05) is 11.1 Å². The first-order chi connectivity index (χ1) is 8.97. The Morgan fingerprint density at radius 2 is 1.89 bits per heavy atom. The quantitative estimate of drug-likeness (QED) is 0.713. The summed E-state index contributed by atoms with van der Waals surface area (Å²) in [7, 11) is 0. The third-order valence-corrected chi connectivity index (χ3v) is 3.93. The molecule has 0 atom stereocenters. The summed E-state index contributed by atoms with van der Waals surface area (Å²) in [4.78, 5) is 12.2. The molecule has 3 N–H and O–H groups in total. The van der Waals surface area contributed by atoms with E-state index >= 15 is 0 Å². The lowest BCUT2D eigenvalue weighted by molar-refractivity contribution is 0.102. The van der Waals surface area contributed by atoms with E-state index in [1.165, 1.54) is 0 Å². The van der Waals surface area contributed by atoms with E-state index in [0.717, 1.165) is 8.95 Å². The zero-order valence-electron chi connectivity index (χ0n) is 9.58. The van der Waals surface area contributed by atoms with Crippen LogP contribution in [0.3, 0.4) is 0 Å². The molecule has 19 heavy (non-hydrogen) atoms. The highest BCUT2D eigenvalue weighted by Crippen LogP contribution is 2.27. The lowest BCUT2D eigenvalue weighted by Crippen LogP contribution is -2.13. The maximum absolute atomic E-state index is 12.2. The van der Waals surface area contributed by atoms with E-state index in [0.29, 0.717) is 22.0 Å².